The number of halogens is 2. The molecule has 4 nitrogen and oxygen atoms in total. The van der Waals surface area contributed by atoms with Crippen LogP contribution in [0.4, 0.5) is 10.1 Å². The molecule has 0 unspecified atom stereocenters. The zero-order chi connectivity index (χ0) is 15.6. The minimum absolute atomic E-state index is 0.0790. The molecule has 2 rings (SSSR count). The molecule has 0 spiro atoms. The van der Waals surface area contributed by atoms with Crippen molar-refractivity contribution in [1.82, 2.24) is 9.78 Å². The Hall–Kier alpha value is -1.88. The van der Waals surface area contributed by atoms with E-state index in [4.69, 9.17) is 11.6 Å². The van der Waals surface area contributed by atoms with Gasteiger partial charge in [-0.1, -0.05) is 24.6 Å². The lowest BCUT2D eigenvalue weighted by Gasteiger charge is -2.09. The van der Waals surface area contributed by atoms with Gasteiger partial charge in [0.05, 0.1) is 23.6 Å². The van der Waals surface area contributed by atoms with Gasteiger partial charge in [-0.3, -0.25) is 9.48 Å². The predicted molar refractivity (Wildman–Crippen MR) is 81.1 cm³/mol. The number of aryl methyl sites for hydroxylation is 1. The summed E-state index contributed by atoms with van der Waals surface area (Å²) < 4.78 is 15.5. The van der Waals surface area contributed by atoms with Gasteiger partial charge in [0.15, 0.2) is 0 Å². The number of hydrogen-bond acceptors (Lipinski definition) is 2. The van der Waals surface area contributed by atoms with E-state index in [1.807, 2.05) is 6.92 Å². The lowest BCUT2D eigenvalue weighted by atomic mass is 10.2. The van der Waals surface area contributed by atoms with Gasteiger partial charge in [0.25, 0.3) is 0 Å². The molecule has 1 N–H and O–H groups in total. The normalized spacial score (nSPS) is 10.7. The number of carbonyl (C=O) groups is 1. The van der Waals surface area contributed by atoms with Gasteiger partial charge >= 0.3 is 0 Å². The van der Waals surface area contributed by atoms with Gasteiger partial charge in [-0.25, -0.2) is 4.39 Å². The van der Waals surface area contributed by atoms with E-state index in [2.05, 4.69) is 10.4 Å². The molecule has 6 heteroatoms. The Morgan fingerprint density at radius 1 is 1.43 bits per heavy atom. The Kier molecular flexibility index (Phi) is 4.63. The zero-order valence-corrected chi connectivity index (χ0v) is 13.0. The summed E-state index contributed by atoms with van der Waals surface area (Å²) in [7, 11) is 0. The van der Waals surface area contributed by atoms with Crippen molar-refractivity contribution in [2.45, 2.75) is 33.7 Å². The summed E-state index contributed by atoms with van der Waals surface area (Å²) in [5.74, 6) is -0.445. The third kappa shape index (κ3) is 3.24. The molecule has 21 heavy (non-hydrogen) atoms. The van der Waals surface area contributed by atoms with E-state index in [1.54, 1.807) is 30.7 Å². The number of benzene rings is 1. The molecule has 0 aliphatic carbocycles. The van der Waals surface area contributed by atoms with Gasteiger partial charge in [0, 0.05) is 17.0 Å². The molecule has 1 aromatic heterocycles. The first-order chi connectivity index (χ1) is 9.93. The molecule has 0 atom stereocenters. The summed E-state index contributed by atoms with van der Waals surface area (Å²) in [6.45, 7) is 5.64. The third-order valence-corrected chi connectivity index (χ3v) is 3.69. The first-order valence-corrected chi connectivity index (χ1v) is 7.08. The van der Waals surface area contributed by atoms with Crippen molar-refractivity contribution in [3.8, 4) is 0 Å². The predicted octanol–water partition coefficient (Wildman–Crippen LogP) is 3.69. The minimum atomic E-state index is -0.366. The van der Waals surface area contributed by atoms with Crippen LogP contribution in [0.3, 0.4) is 0 Å². The standard InChI is InChI=1S/C15H17ClFN3O/c1-4-14(21)18-15-9(2)19-20(10(15)3)8-11-12(16)6-5-7-13(11)17/h5-7H,4,8H2,1-3H3,(H,18,21). The van der Waals surface area contributed by atoms with Crippen molar-refractivity contribution in [2.75, 3.05) is 5.32 Å². The van der Waals surface area contributed by atoms with Crippen LogP contribution in [0.2, 0.25) is 5.02 Å². The Labute approximate surface area is 127 Å². The minimum Gasteiger partial charge on any atom is -0.323 e. The largest absolute Gasteiger partial charge is 0.323 e. The van der Waals surface area contributed by atoms with E-state index in [1.165, 1.54) is 6.07 Å². The molecule has 1 aromatic carbocycles. The molecule has 112 valence electrons. The van der Waals surface area contributed by atoms with Crippen molar-refractivity contribution in [3.05, 3.63) is 46.0 Å². The van der Waals surface area contributed by atoms with Gasteiger partial charge in [-0.2, -0.15) is 5.10 Å². The fourth-order valence-corrected chi connectivity index (χ4v) is 2.32. The lowest BCUT2D eigenvalue weighted by Crippen LogP contribution is -2.11. The van der Waals surface area contributed by atoms with E-state index in [0.29, 0.717) is 28.4 Å². The SMILES string of the molecule is CCC(=O)Nc1c(C)nn(Cc2c(F)cccc2Cl)c1C. The summed E-state index contributed by atoms with van der Waals surface area (Å²) in [5, 5.41) is 7.53. The molecule has 1 amide bonds. The summed E-state index contributed by atoms with van der Waals surface area (Å²) >= 11 is 6.03. The average Bonchev–Trinajstić information content (AvgIpc) is 2.70. The number of anilines is 1. The maximum Gasteiger partial charge on any atom is 0.224 e. The average molecular weight is 310 g/mol. The van der Waals surface area contributed by atoms with Crippen LogP contribution < -0.4 is 5.32 Å². The molecular formula is C15H17ClFN3O. The first kappa shape index (κ1) is 15.5. The van der Waals surface area contributed by atoms with Crippen LogP contribution in [0.15, 0.2) is 18.2 Å². The maximum atomic E-state index is 13.8. The molecule has 0 aliphatic heterocycles. The Morgan fingerprint density at radius 3 is 2.76 bits per heavy atom. The van der Waals surface area contributed by atoms with E-state index in [-0.39, 0.29) is 18.3 Å². The highest BCUT2D eigenvalue weighted by atomic mass is 35.5. The smallest absolute Gasteiger partial charge is 0.224 e. The number of nitrogens with one attached hydrogen (secondary N) is 1. The van der Waals surface area contributed by atoms with Gasteiger partial charge < -0.3 is 5.32 Å². The third-order valence-electron chi connectivity index (χ3n) is 3.34. The second-order valence-corrected chi connectivity index (χ2v) is 5.21. The molecule has 0 saturated heterocycles. The molecule has 2 aromatic rings. The van der Waals surface area contributed by atoms with Crippen molar-refractivity contribution < 1.29 is 9.18 Å². The summed E-state index contributed by atoms with van der Waals surface area (Å²) in [6.07, 6.45) is 0.392. The van der Waals surface area contributed by atoms with Crippen molar-refractivity contribution >= 4 is 23.2 Å². The van der Waals surface area contributed by atoms with E-state index in [0.717, 1.165) is 5.69 Å². The van der Waals surface area contributed by atoms with Crippen LogP contribution >= 0.6 is 11.6 Å². The summed E-state index contributed by atoms with van der Waals surface area (Å²) in [5.41, 5.74) is 2.53. The van der Waals surface area contributed by atoms with Crippen molar-refractivity contribution in [1.29, 1.82) is 0 Å². The Morgan fingerprint density at radius 2 is 2.14 bits per heavy atom. The fraction of sp³-hybridized carbons (Fsp3) is 0.333. The lowest BCUT2D eigenvalue weighted by molar-refractivity contribution is -0.115. The summed E-state index contributed by atoms with van der Waals surface area (Å²) in [4.78, 5) is 11.5. The number of amides is 1. The van der Waals surface area contributed by atoms with E-state index >= 15 is 0 Å². The highest BCUT2D eigenvalue weighted by Gasteiger charge is 2.16. The summed E-state index contributed by atoms with van der Waals surface area (Å²) in [6, 6.07) is 4.58. The van der Waals surface area contributed by atoms with Crippen LogP contribution in [-0.2, 0) is 11.3 Å². The maximum absolute atomic E-state index is 13.8. The second kappa shape index (κ2) is 6.26. The van der Waals surface area contributed by atoms with E-state index < -0.39 is 0 Å². The zero-order valence-electron chi connectivity index (χ0n) is 12.2. The van der Waals surface area contributed by atoms with Crippen molar-refractivity contribution in [2.24, 2.45) is 0 Å². The van der Waals surface area contributed by atoms with Crippen LogP contribution in [0.1, 0.15) is 30.3 Å². The molecule has 0 bridgehead atoms. The fourth-order valence-electron chi connectivity index (χ4n) is 2.09. The van der Waals surface area contributed by atoms with Crippen LogP contribution in [0.25, 0.3) is 0 Å². The number of nitrogens with zero attached hydrogens (tertiary/aromatic N) is 2. The van der Waals surface area contributed by atoms with Crippen LogP contribution in [0, 0.1) is 19.7 Å². The van der Waals surface area contributed by atoms with Gasteiger partial charge in [0.2, 0.25) is 5.91 Å². The van der Waals surface area contributed by atoms with Gasteiger partial charge in [-0.15, -0.1) is 0 Å². The molecular weight excluding hydrogens is 293 g/mol. The Balaban J connectivity index is 2.34. The first-order valence-electron chi connectivity index (χ1n) is 6.70. The number of aromatic nitrogens is 2. The second-order valence-electron chi connectivity index (χ2n) is 4.81. The van der Waals surface area contributed by atoms with Crippen molar-refractivity contribution in [3.63, 3.8) is 0 Å². The van der Waals surface area contributed by atoms with Crippen LogP contribution in [0.5, 0.6) is 0 Å². The van der Waals surface area contributed by atoms with Gasteiger partial charge in [0.1, 0.15) is 5.82 Å². The van der Waals surface area contributed by atoms with Crippen LogP contribution in [-0.4, -0.2) is 15.7 Å². The monoisotopic (exact) mass is 309 g/mol. The highest BCUT2D eigenvalue weighted by Crippen LogP contribution is 2.24. The molecule has 0 radical (unpaired) electrons. The molecule has 0 saturated carbocycles. The topological polar surface area (TPSA) is 46.9 Å². The highest BCUT2D eigenvalue weighted by molar-refractivity contribution is 6.31. The number of carbonyl (C=O) groups excluding carboxylic acids is 1. The molecule has 0 aliphatic rings. The van der Waals surface area contributed by atoms with E-state index in [9.17, 15) is 9.18 Å². The number of hydrogen-bond donors (Lipinski definition) is 1. The number of rotatable bonds is 4. The molecule has 0 fully saturated rings. The van der Waals surface area contributed by atoms with Gasteiger partial charge in [-0.05, 0) is 26.0 Å². The molecule has 1 heterocycles. The quantitative estimate of drug-likeness (QED) is 0.936. The Bertz CT molecular complexity index is 662.